The van der Waals surface area contributed by atoms with Crippen LogP contribution in [0.1, 0.15) is 57.1 Å². The second-order valence-corrected chi connectivity index (χ2v) is 6.15. The maximum Gasteiger partial charge on any atom is 0.0402 e. The minimum Gasteiger partial charge on any atom is -0.371 e. The highest BCUT2D eigenvalue weighted by Crippen LogP contribution is 2.43. The molecule has 0 aromatic heterocycles. The van der Waals surface area contributed by atoms with E-state index in [2.05, 4.69) is 57.8 Å². The monoisotopic (exact) mass is 245 g/mol. The molecular weight excluding hydrogens is 218 g/mol. The number of rotatable bonds is 4. The molecule has 1 aromatic carbocycles. The lowest BCUT2D eigenvalue weighted by Crippen LogP contribution is -2.27. The lowest BCUT2D eigenvalue weighted by atomic mass is 9.85. The van der Waals surface area contributed by atoms with Crippen LogP contribution in [0, 0.1) is 12.8 Å². The van der Waals surface area contributed by atoms with Crippen molar-refractivity contribution in [1.29, 1.82) is 0 Å². The Hall–Kier alpha value is -0.980. The zero-order valence-electron chi connectivity index (χ0n) is 12.5. The SMILES string of the molecule is CCCC(C)CC1c2cc(C)ccc2N(C)C1C. The minimum atomic E-state index is 0.640. The summed E-state index contributed by atoms with van der Waals surface area (Å²) in [6.07, 6.45) is 3.99. The van der Waals surface area contributed by atoms with Crippen molar-refractivity contribution in [1.82, 2.24) is 0 Å². The van der Waals surface area contributed by atoms with Crippen LogP contribution in [0.2, 0.25) is 0 Å². The molecule has 0 radical (unpaired) electrons. The van der Waals surface area contributed by atoms with Crippen LogP contribution in [-0.4, -0.2) is 13.1 Å². The number of likely N-dealkylation sites (N-methyl/N-ethyl adjacent to an activating group) is 1. The predicted octanol–water partition coefficient (Wildman–Crippen LogP) is 4.74. The van der Waals surface area contributed by atoms with Crippen molar-refractivity contribution >= 4 is 5.69 Å². The quantitative estimate of drug-likeness (QED) is 0.740. The first-order valence-corrected chi connectivity index (χ1v) is 7.38. The Labute approximate surface area is 112 Å². The normalized spacial score (nSPS) is 24.2. The van der Waals surface area contributed by atoms with E-state index in [9.17, 15) is 0 Å². The Bertz CT molecular complexity index is 410. The topological polar surface area (TPSA) is 3.24 Å². The molecule has 1 nitrogen and oxygen atoms in total. The van der Waals surface area contributed by atoms with E-state index in [1.807, 2.05) is 0 Å². The van der Waals surface area contributed by atoms with Gasteiger partial charge in [-0.1, -0.05) is 44.4 Å². The van der Waals surface area contributed by atoms with Crippen LogP contribution < -0.4 is 4.90 Å². The third-order valence-corrected chi connectivity index (χ3v) is 4.59. The molecule has 1 heteroatoms. The van der Waals surface area contributed by atoms with Gasteiger partial charge in [0.1, 0.15) is 0 Å². The van der Waals surface area contributed by atoms with Crippen LogP contribution in [0.25, 0.3) is 0 Å². The van der Waals surface area contributed by atoms with Gasteiger partial charge in [-0.2, -0.15) is 0 Å². The fraction of sp³-hybridized carbons (Fsp3) is 0.647. The molecule has 0 fully saturated rings. The van der Waals surface area contributed by atoms with E-state index >= 15 is 0 Å². The second kappa shape index (κ2) is 5.34. The third kappa shape index (κ3) is 2.41. The largest absolute Gasteiger partial charge is 0.371 e. The standard InChI is InChI=1S/C17H27N/c1-6-7-12(2)10-15-14(4)18(5)17-9-8-13(3)11-16(15)17/h8-9,11-12,14-15H,6-7,10H2,1-5H3. The summed E-state index contributed by atoms with van der Waals surface area (Å²) in [5.74, 6) is 1.55. The maximum atomic E-state index is 2.46. The first kappa shape index (κ1) is 13.5. The van der Waals surface area contributed by atoms with E-state index in [0.29, 0.717) is 12.0 Å². The highest BCUT2D eigenvalue weighted by atomic mass is 15.2. The molecule has 1 aliphatic heterocycles. The molecule has 0 saturated heterocycles. The van der Waals surface area contributed by atoms with E-state index in [1.165, 1.54) is 30.5 Å². The van der Waals surface area contributed by atoms with Crippen molar-refractivity contribution in [2.75, 3.05) is 11.9 Å². The third-order valence-electron chi connectivity index (χ3n) is 4.59. The van der Waals surface area contributed by atoms with Gasteiger partial charge in [-0.15, -0.1) is 0 Å². The van der Waals surface area contributed by atoms with Gasteiger partial charge in [0, 0.05) is 24.7 Å². The average molecular weight is 245 g/mol. The van der Waals surface area contributed by atoms with Crippen LogP contribution in [0.5, 0.6) is 0 Å². The van der Waals surface area contributed by atoms with Crippen molar-refractivity contribution in [3.8, 4) is 0 Å². The Morgan fingerprint density at radius 1 is 1.33 bits per heavy atom. The molecule has 3 atom stereocenters. The molecule has 0 spiro atoms. The zero-order valence-corrected chi connectivity index (χ0v) is 12.5. The molecule has 0 saturated carbocycles. The number of nitrogens with zero attached hydrogens (tertiary/aromatic N) is 1. The van der Waals surface area contributed by atoms with E-state index < -0.39 is 0 Å². The van der Waals surface area contributed by atoms with E-state index in [0.717, 1.165) is 5.92 Å². The van der Waals surface area contributed by atoms with E-state index in [-0.39, 0.29) is 0 Å². The highest BCUT2D eigenvalue weighted by Gasteiger charge is 2.33. The van der Waals surface area contributed by atoms with Gasteiger partial charge in [-0.25, -0.2) is 0 Å². The summed E-state index contributed by atoms with van der Waals surface area (Å²) in [5, 5.41) is 0. The Balaban J connectivity index is 2.24. The van der Waals surface area contributed by atoms with Gasteiger partial charge in [0.2, 0.25) is 0 Å². The van der Waals surface area contributed by atoms with Gasteiger partial charge in [0.05, 0.1) is 0 Å². The summed E-state index contributed by atoms with van der Waals surface area (Å²) in [6, 6.07) is 7.57. The van der Waals surface area contributed by atoms with Gasteiger partial charge < -0.3 is 4.90 Å². The number of fused-ring (bicyclic) bond motifs is 1. The van der Waals surface area contributed by atoms with Gasteiger partial charge in [0.15, 0.2) is 0 Å². The van der Waals surface area contributed by atoms with Crippen LogP contribution in [0.15, 0.2) is 18.2 Å². The number of hydrogen-bond donors (Lipinski definition) is 0. The minimum absolute atomic E-state index is 0.640. The number of anilines is 1. The van der Waals surface area contributed by atoms with Gasteiger partial charge >= 0.3 is 0 Å². The van der Waals surface area contributed by atoms with E-state index in [4.69, 9.17) is 0 Å². The van der Waals surface area contributed by atoms with Crippen molar-refractivity contribution in [3.63, 3.8) is 0 Å². The smallest absolute Gasteiger partial charge is 0.0402 e. The van der Waals surface area contributed by atoms with Crippen molar-refractivity contribution in [2.45, 2.75) is 58.9 Å². The molecule has 18 heavy (non-hydrogen) atoms. The van der Waals surface area contributed by atoms with Crippen LogP contribution in [0.3, 0.4) is 0 Å². The number of aryl methyl sites for hydroxylation is 1. The lowest BCUT2D eigenvalue weighted by Gasteiger charge is -2.25. The molecular formula is C17H27N. The Morgan fingerprint density at radius 3 is 2.72 bits per heavy atom. The summed E-state index contributed by atoms with van der Waals surface area (Å²) in [7, 11) is 2.24. The Morgan fingerprint density at radius 2 is 2.06 bits per heavy atom. The Kier molecular flexibility index (Phi) is 3.99. The summed E-state index contributed by atoms with van der Waals surface area (Å²) >= 11 is 0. The molecule has 0 amide bonds. The predicted molar refractivity (Wildman–Crippen MR) is 80.5 cm³/mol. The van der Waals surface area contributed by atoms with Crippen molar-refractivity contribution < 1.29 is 0 Å². The first-order chi connectivity index (χ1) is 8.54. The fourth-order valence-corrected chi connectivity index (χ4v) is 3.41. The van der Waals surface area contributed by atoms with E-state index in [1.54, 1.807) is 5.56 Å². The molecule has 0 aliphatic carbocycles. The summed E-state index contributed by atoms with van der Waals surface area (Å²) in [6.45, 7) is 9.28. The van der Waals surface area contributed by atoms with Crippen LogP contribution in [-0.2, 0) is 0 Å². The summed E-state index contributed by atoms with van der Waals surface area (Å²) in [4.78, 5) is 2.46. The van der Waals surface area contributed by atoms with Gasteiger partial charge in [-0.3, -0.25) is 0 Å². The highest BCUT2D eigenvalue weighted by molar-refractivity contribution is 5.62. The van der Waals surface area contributed by atoms with Gasteiger partial charge in [0.25, 0.3) is 0 Å². The molecule has 0 N–H and O–H groups in total. The van der Waals surface area contributed by atoms with Crippen LogP contribution >= 0.6 is 0 Å². The average Bonchev–Trinajstić information content (AvgIpc) is 2.55. The molecule has 1 heterocycles. The first-order valence-electron chi connectivity index (χ1n) is 7.38. The number of benzene rings is 1. The van der Waals surface area contributed by atoms with Crippen molar-refractivity contribution in [2.24, 2.45) is 5.92 Å². The fourth-order valence-electron chi connectivity index (χ4n) is 3.41. The molecule has 0 bridgehead atoms. The zero-order chi connectivity index (χ0) is 13.3. The number of hydrogen-bond acceptors (Lipinski definition) is 1. The van der Waals surface area contributed by atoms with Crippen molar-refractivity contribution in [3.05, 3.63) is 29.3 Å². The molecule has 100 valence electrons. The summed E-state index contributed by atoms with van der Waals surface area (Å²) < 4.78 is 0. The van der Waals surface area contributed by atoms with Gasteiger partial charge in [-0.05, 0) is 37.8 Å². The maximum absolute atomic E-state index is 2.46. The lowest BCUT2D eigenvalue weighted by molar-refractivity contribution is 0.412. The second-order valence-electron chi connectivity index (χ2n) is 6.15. The molecule has 1 aromatic rings. The van der Waals surface area contributed by atoms with Crippen LogP contribution in [0.4, 0.5) is 5.69 Å². The molecule has 2 rings (SSSR count). The summed E-state index contributed by atoms with van der Waals surface area (Å²) in [5.41, 5.74) is 4.42. The molecule has 3 unspecified atom stereocenters. The molecule has 1 aliphatic rings.